The topological polar surface area (TPSA) is 58.9 Å². The Labute approximate surface area is 219 Å². The average Bonchev–Trinajstić information content (AvgIpc) is 2.99. The monoisotopic (exact) mass is 490 g/mol. The molecule has 0 radical (unpaired) electrons. The number of nitrogens with zero attached hydrogens (tertiary/aromatic N) is 2. The lowest BCUT2D eigenvalue weighted by Gasteiger charge is -2.16. The maximum atomic E-state index is 12.1. The van der Waals surface area contributed by atoms with Crippen LogP contribution in [0.1, 0.15) is 31.8 Å². The van der Waals surface area contributed by atoms with E-state index in [0.717, 1.165) is 22.1 Å². The molecule has 4 nitrogen and oxygen atoms in total. The van der Waals surface area contributed by atoms with E-state index in [2.05, 4.69) is 46.6 Å². The molecule has 1 aliphatic rings. The number of carbonyl (C=O) groups is 2. The van der Waals surface area contributed by atoms with E-state index in [0.29, 0.717) is 22.3 Å². The average molecular weight is 491 g/mol. The van der Waals surface area contributed by atoms with Crippen LogP contribution in [0.4, 0.5) is 11.4 Å². The summed E-state index contributed by atoms with van der Waals surface area (Å²) < 4.78 is 0. The van der Waals surface area contributed by atoms with Crippen LogP contribution in [-0.4, -0.2) is 11.6 Å². The zero-order chi connectivity index (χ0) is 25.9. The normalized spacial score (nSPS) is 12.2. The highest BCUT2D eigenvalue weighted by molar-refractivity contribution is 6.28. The van der Waals surface area contributed by atoms with Gasteiger partial charge in [0.2, 0.25) is 0 Å². The summed E-state index contributed by atoms with van der Waals surface area (Å²) in [7, 11) is 0. The Morgan fingerprint density at radius 3 is 1.05 bits per heavy atom. The maximum Gasteiger partial charge on any atom is 0.194 e. The molecule has 0 bridgehead atoms. The van der Waals surface area contributed by atoms with Gasteiger partial charge in [0.05, 0.1) is 11.4 Å². The molecule has 0 amide bonds. The molecule has 0 aromatic heterocycles. The van der Waals surface area contributed by atoms with E-state index >= 15 is 0 Å². The third-order valence-electron chi connectivity index (χ3n) is 6.63. The van der Waals surface area contributed by atoms with Crippen LogP contribution in [0.3, 0.4) is 0 Å². The molecule has 0 saturated carbocycles. The van der Waals surface area contributed by atoms with Crippen molar-refractivity contribution in [1.29, 1.82) is 0 Å². The van der Waals surface area contributed by atoms with E-state index in [1.807, 2.05) is 48.5 Å². The third-order valence-corrected chi connectivity index (χ3v) is 6.63. The number of carbonyl (C=O) groups excluding carboxylic acids is 2. The zero-order valence-electron chi connectivity index (χ0n) is 20.4. The Bertz CT molecular complexity index is 1670. The second-order valence-electron chi connectivity index (χ2n) is 8.95. The molecule has 38 heavy (non-hydrogen) atoms. The van der Waals surface area contributed by atoms with Gasteiger partial charge in [-0.1, -0.05) is 121 Å². The number of hydrogen-bond donors (Lipinski definition) is 0. The number of ketones is 2. The summed E-state index contributed by atoms with van der Waals surface area (Å²) in [6, 6.07) is 42.6. The summed E-state index contributed by atoms with van der Waals surface area (Å²) in [6.07, 6.45) is 0. The van der Waals surface area contributed by atoms with Crippen molar-refractivity contribution in [3.05, 3.63) is 156 Å². The number of fused-ring (bicyclic) bond motifs is 4. The fourth-order valence-corrected chi connectivity index (χ4v) is 4.75. The molecule has 0 atom stereocenters. The Balaban J connectivity index is 0.000000146. The Morgan fingerprint density at radius 2 is 0.658 bits per heavy atom. The molecule has 6 aromatic rings. The van der Waals surface area contributed by atoms with E-state index in [1.54, 1.807) is 48.5 Å². The van der Waals surface area contributed by atoms with Gasteiger partial charge in [-0.05, 0) is 22.9 Å². The molecule has 0 unspecified atom stereocenters. The van der Waals surface area contributed by atoms with Gasteiger partial charge < -0.3 is 0 Å². The zero-order valence-corrected chi connectivity index (χ0v) is 20.4. The largest absolute Gasteiger partial charge is 0.289 e. The van der Waals surface area contributed by atoms with Crippen molar-refractivity contribution >= 4 is 44.5 Å². The molecule has 6 aromatic carbocycles. The minimum atomic E-state index is -0.0641. The summed E-state index contributed by atoms with van der Waals surface area (Å²) in [4.78, 5) is 24.2. The highest BCUT2D eigenvalue weighted by Gasteiger charge is 2.28. The van der Waals surface area contributed by atoms with Gasteiger partial charge in [-0.25, -0.2) is 0 Å². The second-order valence-corrected chi connectivity index (χ2v) is 8.95. The first-order chi connectivity index (χ1) is 18.7. The molecule has 7 rings (SSSR count). The summed E-state index contributed by atoms with van der Waals surface area (Å²) in [6.45, 7) is 0. The van der Waals surface area contributed by atoms with Crippen molar-refractivity contribution < 1.29 is 9.59 Å². The molecular weight excluding hydrogens is 468 g/mol. The second kappa shape index (κ2) is 10.0. The first-order valence-corrected chi connectivity index (χ1v) is 12.4. The van der Waals surface area contributed by atoms with Gasteiger partial charge >= 0.3 is 0 Å². The van der Waals surface area contributed by atoms with Crippen LogP contribution in [0.2, 0.25) is 0 Å². The molecule has 0 spiro atoms. The number of hydrogen-bond acceptors (Lipinski definition) is 4. The van der Waals surface area contributed by atoms with Gasteiger partial charge in [0.15, 0.2) is 11.6 Å². The Kier molecular flexibility index (Phi) is 6.12. The van der Waals surface area contributed by atoms with Crippen LogP contribution in [0.15, 0.2) is 144 Å². The van der Waals surface area contributed by atoms with E-state index in [9.17, 15) is 9.59 Å². The Morgan fingerprint density at radius 1 is 0.342 bits per heavy atom. The predicted molar refractivity (Wildman–Crippen MR) is 152 cm³/mol. The molecule has 0 heterocycles. The number of benzene rings is 6. The van der Waals surface area contributed by atoms with E-state index < -0.39 is 0 Å². The van der Waals surface area contributed by atoms with Crippen molar-refractivity contribution in [2.45, 2.75) is 0 Å². The molecule has 0 aliphatic heterocycles. The van der Waals surface area contributed by atoms with Gasteiger partial charge in [0.25, 0.3) is 0 Å². The SMILES string of the molecule is O=C1c2ccccc2C(=O)c2ccccc21.c1ccc2c(N=Nc3cccc4ccccc34)cccc2c1. The van der Waals surface area contributed by atoms with Crippen molar-refractivity contribution in [2.24, 2.45) is 10.2 Å². The van der Waals surface area contributed by atoms with Crippen LogP contribution in [-0.2, 0) is 0 Å². The first kappa shape index (κ1) is 23.2. The smallest absolute Gasteiger partial charge is 0.194 e. The van der Waals surface area contributed by atoms with Gasteiger partial charge in [-0.15, -0.1) is 10.2 Å². The van der Waals surface area contributed by atoms with Crippen LogP contribution < -0.4 is 0 Å². The predicted octanol–water partition coefficient (Wildman–Crippen LogP) is 8.87. The lowest BCUT2D eigenvalue weighted by atomic mass is 9.84. The van der Waals surface area contributed by atoms with Crippen LogP contribution >= 0.6 is 0 Å². The first-order valence-electron chi connectivity index (χ1n) is 12.4. The van der Waals surface area contributed by atoms with Crippen molar-refractivity contribution in [1.82, 2.24) is 0 Å². The standard InChI is InChI=1S/C20H14N2.C14H8O2/c1-3-11-17-15(7-1)9-5-13-19(17)21-22-20-14-6-10-16-8-2-4-12-18(16)20;15-13-9-5-1-2-6-10(9)14(16)12-8-4-3-7-11(12)13/h1-14H;1-8H. The Hall–Kier alpha value is -5.22. The van der Waals surface area contributed by atoms with E-state index in [1.165, 1.54) is 10.8 Å². The van der Waals surface area contributed by atoms with Crippen molar-refractivity contribution in [3.8, 4) is 0 Å². The molecule has 4 heteroatoms. The molecule has 1 aliphatic carbocycles. The van der Waals surface area contributed by atoms with Gasteiger partial charge in [0.1, 0.15) is 0 Å². The van der Waals surface area contributed by atoms with Crippen molar-refractivity contribution in [3.63, 3.8) is 0 Å². The van der Waals surface area contributed by atoms with Crippen molar-refractivity contribution in [2.75, 3.05) is 0 Å². The minimum Gasteiger partial charge on any atom is -0.289 e. The summed E-state index contributed by atoms with van der Waals surface area (Å²) in [5.74, 6) is -0.128. The summed E-state index contributed by atoms with van der Waals surface area (Å²) >= 11 is 0. The van der Waals surface area contributed by atoms with E-state index in [-0.39, 0.29) is 11.6 Å². The minimum absolute atomic E-state index is 0.0641. The number of rotatable bonds is 2. The number of azo groups is 1. The lowest BCUT2D eigenvalue weighted by molar-refractivity contribution is 0.0979. The third kappa shape index (κ3) is 4.29. The highest BCUT2D eigenvalue weighted by Crippen LogP contribution is 2.31. The fraction of sp³-hybridized carbons (Fsp3) is 0. The van der Waals surface area contributed by atoms with Crippen LogP contribution in [0, 0.1) is 0 Å². The summed E-state index contributed by atoms with van der Waals surface area (Å²) in [5.41, 5.74) is 3.81. The van der Waals surface area contributed by atoms with E-state index in [4.69, 9.17) is 0 Å². The molecular formula is C34H22N2O2. The molecule has 180 valence electrons. The highest BCUT2D eigenvalue weighted by atomic mass is 16.1. The molecule has 0 saturated heterocycles. The summed E-state index contributed by atoms with van der Waals surface area (Å²) in [5, 5.41) is 13.6. The quantitative estimate of drug-likeness (QED) is 0.227. The molecule has 0 N–H and O–H groups in total. The van der Waals surface area contributed by atoms with Gasteiger partial charge in [0, 0.05) is 33.0 Å². The van der Waals surface area contributed by atoms with Gasteiger partial charge in [-0.2, -0.15) is 0 Å². The maximum absolute atomic E-state index is 12.1. The lowest BCUT2D eigenvalue weighted by Crippen LogP contribution is -2.20. The molecule has 0 fully saturated rings. The van der Waals surface area contributed by atoms with Crippen LogP contribution in [0.25, 0.3) is 21.5 Å². The van der Waals surface area contributed by atoms with Gasteiger partial charge in [-0.3, -0.25) is 9.59 Å². The fourth-order valence-electron chi connectivity index (χ4n) is 4.75. The van der Waals surface area contributed by atoms with Crippen LogP contribution in [0.5, 0.6) is 0 Å².